The van der Waals surface area contributed by atoms with E-state index in [-0.39, 0.29) is 11.1 Å². The zero-order chi connectivity index (χ0) is 10.3. The quantitative estimate of drug-likeness (QED) is 0.746. The molecule has 0 amide bonds. The van der Waals surface area contributed by atoms with Crippen LogP contribution in [-0.2, 0) is 7.05 Å². The van der Waals surface area contributed by atoms with Gasteiger partial charge in [0.05, 0.1) is 11.8 Å². The number of aromatic carboxylic acids is 1. The molecular formula is C9H7FN2O2. The Kier molecular flexibility index (Phi) is 1.73. The molecule has 0 spiro atoms. The number of aryl methyl sites for hydroxylation is 1. The number of nitrogens with zero attached hydrogens (tertiary/aromatic N) is 2. The molecule has 4 nitrogen and oxygen atoms in total. The van der Waals surface area contributed by atoms with Gasteiger partial charge >= 0.3 is 5.97 Å². The molecule has 1 heterocycles. The van der Waals surface area contributed by atoms with Crippen molar-refractivity contribution in [2.75, 3.05) is 0 Å². The summed E-state index contributed by atoms with van der Waals surface area (Å²) in [5.41, 5.74) is -0.119. The van der Waals surface area contributed by atoms with E-state index in [2.05, 4.69) is 5.10 Å². The van der Waals surface area contributed by atoms with E-state index in [0.717, 1.165) is 0 Å². The first-order valence-corrected chi connectivity index (χ1v) is 3.95. The number of hydrogen-bond acceptors (Lipinski definition) is 2. The van der Waals surface area contributed by atoms with E-state index < -0.39 is 11.8 Å². The van der Waals surface area contributed by atoms with Crippen molar-refractivity contribution in [1.29, 1.82) is 0 Å². The number of aromatic nitrogens is 2. The van der Waals surface area contributed by atoms with Gasteiger partial charge in [0.1, 0.15) is 5.52 Å². The lowest BCUT2D eigenvalue weighted by Gasteiger charge is -2.00. The van der Waals surface area contributed by atoms with Crippen molar-refractivity contribution in [3.8, 4) is 0 Å². The molecule has 14 heavy (non-hydrogen) atoms. The average Bonchev–Trinajstić information content (AvgIpc) is 2.48. The zero-order valence-corrected chi connectivity index (χ0v) is 7.36. The number of rotatable bonds is 1. The fraction of sp³-hybridized carbons (Fsp3) is 0.111. The molecule has 0 saturated carbocycles. The van der Waals surface area contributed by atoms with Crippen molar-refractivity contribution in [3.63, 3.8) is 0 Å². The van der Waals surface area contributed by atoms with Crippen molar-refractivity contribution in [2.45, 2.75) is 0 Å². The number of carbonyl (C=O) groups is 1. The van der Waals surface area contributed by atoms with Crippen LogP contribution >= 0.6 is 0 Å². The number of carboxylic acids is 1. The largest absolute Gasteiger partial charge is 0.478 e. The van der Waals surface area contributed by atoms with E-state index >= 15 is 0 Å². The van der Waals surface area contributed by atoms with Crippen LogP contribution in [0.1, 0.15) is 10.4 Å². The van der Waals surface area contributed by atoms with Gasteiger partial charge in [0.25, 0.3) is 0 Å². The summed E-state index contributed by atoms with van der Waals surface area (Å²) < 4.78 is 14.9. The third-order valence-corrected chi connectivity index (χ3v) is 2.07. The second-order valence-electron chi connectivity index (χ2n) is 2.94. The highest BCUT2D eigenvalue weighted by molar-refractivity contribution is 5.93. The standard InChI is InChI=1S/C9H7FN2O2/c1-12-8-5(4-11-12)2-3-6(7(8)10)9(13)14/h2-4H,1H3,(H,13,14). The number of benzene rings is 1. The number of halogens is 1. The molecule has 1 N–H and O–H groups in total. The predicted octanol–water partition coefficient (Wildman–Crippen LogP) is 1.41. The van der Waals surface area contributed by atoms with Gasteiger partial charge in [-0.1, -0.05) is 6.07 Å². The van der Waals surface area contributed by atoms with Gasteiger partial charge in [-0.3, -0.25) is 4.68 Å². The van der Waals surface area contributed by atoms with Crippen LogP contribution in [0.25, 0.3) is 10.9 Å². The van der Waals surface area contributed by atoms with Crippen LogP contribution in [0.15, 0.2) is 18.3 Å². The fourth-order valence-electron chi connectivity index (χ4n) is 1.38. The van der Waals surface area contributed by atoms with Crippen LogP contribution in [-0.4, -0.2) is 20.9 Å². The molecule has 0 bridgehead atoms. The first-order chi connectivity index (χ1) is 6.61. The van der Waals surface area contributed by atoms with Crippen LogP contribution in [0.5, 0.6) is 0 Å². The lowest BCUT2D eigenvalue weighted by molar-refractivity contribution is 0.0692. The zero-order valence-electron chi connectivity index (χ0n) is 7.36. The highest BCUT2D eigenvalue weighted by Crippen LogP contribution is 2.20. The second kappa shape index (κ2) is 2.80. The molecular weight excluding hydrogens is 187 g/mol. The molecule has 0 aliphatic rings. The van der Waals surface area contributed by atoms with Crippen LogP contribution < -0.4 is 0 Å². The molecule has 1 aromatic carbocycles. The first-order valence-electron chi connectivity index (χ1n) is 3.95. The second-order valence-corrected chi connectivity index (χ2v) is 2.94. The van der Waals surface area contributed by atoms with Gasteiger partial charge < -0.3 is 5.11 Å². The fourth-order valence-corrected chi connectivity index (χ4v) is 1.38. The molecule has 2 aromatic rings. The molecule has 0 fully saturated rings. The number of carboxylic acid groups (broad SMARTS) is 1. The predicted molar refractivity (Wildman–Crippen MR) is 47.6 cm³/mol. The Morgan fingerprint density at radius 3 is 2.93 bits per heavy atom. The summed E-state index contributed by atoms with van der Waals surface area (Å²) in [6, 6.07) is 2.77. The highest BCUT2D eigenvalue weighted by Gasteiger charge is 2.15. The maximum atomic E-state index is 13.6. The van der Waals surface area contributed by atoms with Crippen molar-refractivity contribution in [2.24, 2.45) is 7.05 Å². The van der Waals surface area contributed by atoms with Crippen molar-refractivity contribution >= 4 is 16.9 Å². The summed E-state index contributed by atoms with van der Waals surface area (Å²) >= 11 is 0. The van der Waals surface area contributed by atoms with Gasteiger partial charge in [0, 0.05) is 12.4 Å². The Morgan fingerprint density at radius 1 is 1.57 bits per heavy atom. The van der Waals surface area contributed by atoms with Crippen LogP contribution in [0.4, 0.5) is 4.39 Å². The number of fused-ring (bicyclic) bond motifs is 1. The van der Waals surface area contributed by atoms with Crippen molar-refractivity contribution in [3.05, 3.63) is 29.7 Å². The molecule has 2 rings (SSSR count). The Labute approximate surface area is 78.6 Å². The van der Waals surface area contributed by atoms with E-state index in [0.29, 0.717) is 5.39 Å². The molecule has 0 unspecified atom stereocenters. The molecule has 0 atom stereocenters. The van der Waals surface area contributed by atoms with Gasteiger partial charge in [-0.05, 0) is 6.07 Å². The summed E-state index contributed by atoms with van der Waals surface area (Å²) in [4.78, 5) is 10.6. The summed E-state index contributed by atoms with van der Waals surface area (Å²) in [7, 11) is 1.57. The van der Waals surface area contributed by atoms with E-state index in [9.17, 15) is 9.18 Å². The molecule has 5 heteroatoms. The maximum Gasteiger partial charge on any atom is 0.338 e. The van der Waals surface area contributed by atoms with Gasteiger partial charge in [-0.25, -0.2) is 9.18 Å². The van der Waals surface area contributed by atoms with Gasteiger partial charge in [0.15, 0.2) is 5.82 Å². The SMILES string of the molecule is Cn1ncc2ccc(C(=O)O)c(F)c21. The minimum Gasteiger partial charge on any atom is -0.478 e. The summed E-state index contributed by atoms with van der Waals surface area (Å²) in [6.07, 6.45) is 1.49. The van der Waals surface area contributed by atoms with Crippen LogP contribution in [0, 0.1) is 5.82 Å². The van der Waals surface area contributed by atoms with Gasteiger partial charge in [-0.2, -0.15) is 5.10 Å². The summed E-state index contributed by atoms with van der Waals surface area (Å²) in [6.45, 7) is 0. The van der Waals surface area contributed by atoms with Crippen LogP contribution in [0.3, 0.4) is 0 Å². The first kappa shape index (κ1) is 8.68. The minimum absolute atomic E-state index is 0.213. The van der Waals surface area contributed by atoms with E-state index in [4.69, 9.17) is 5.11 Å². The van der Waals surface area contributed by atoms with E-state index in [1.165, 1.54) is 23.0 Å². The molecule has 1 aromatic heterocycles. The van der Waals surface area contributed by atoms with Crippen molar-refractivity contribution < 1.29 is 14.3 Å². The minimum atomic E-state index is -1.27. The molecule has 72 valence electrons. The third kappa shape index (κ3) is 1.06. The Morgan fingerprint density at radius 2 is 2.29 bits per heavy atom. The number of hydrogen-bond donors (Lipinski definition) is 1. The lowest BCUT2D eigenvalue weighted by Crippen LogP contribution is -2.02. The smallest absolute Gasteiger partial charge is 0.338 e. The summed E-state index contributed by atoms with van der Waals surface area (Å²) in [5, 5.41) is 13.1. The Balaban J connectivity index is 2.86. The lowest BCUT2D eigenvalue weighted by atomic mass is 10.1. The Bertz CT molecular complexity index is 519. The molecule has 0 saturated heterocycles. The molecule has 0 aliphatic carbocycles. The van der Waals surface area contributed by atoms with Crippen LogP contribution in [0.2, 0.25) is 0 Å². The summed E-state index contributed by atoms with van der Waals surface area (Å²) in [5.74, 6) is -2.01. The highest BCUT2D eigenvalue weighted by atomic mass is 19.1. The van der Waals surface area contributed by atoms with Gasteiger partial charge in [0.2, 0.25) is 0 Å². The maximum absolute atomic E-state index is 13.6. The monoisotopic (exact) mass is 194 g/mol. The van der Waals surface area contributed by atoms with Gasteiger partial charge in [-0.15, -0.1) is 0 Å². The average molecular weight is 194 g/mol. The van der Waals surface area contributed by atoms with E-state index in [1.54, 1.807) is 7.05 Å². The van der Waals surface area contributed by atoms with Crippen molar-refractivity contribution in [1.82, 2.24) is 9.78 Å². The topological polar surface area (TPSA) is 55.1 Å². The third-order valence-electron chi connectivity index (χ3n) is 2.07. The van der Waals surface area contributed by atoms with E-state index in [1.807, 2.05) is 0 Å². The normalized spacial score (nSPS) is 10.7. The molecule has 0 aliphatic heterocycles. The molecule has 0 radical (unpaired) electrons. The Hall–Kier alpha value is -1.91.